The van der Waals surface area contributed by atoms with E-state index < -0.39 is 75.0 Å². The Labute approximate surface area is 328 Å². The van der Waals surface area contributed by atoms with Crippen LogP contribution in [0, 0.1) is 11.8 Å². The van der Waals surface area contributed by atoms with Gasteiger partial charge in [-0.25, -0.2) is 18.7 Å². The molecule has 0 spiro atoms. The first-order valence-corrected chi connectivity index (χ1v) is 21.0. The van der Waals surface area contributed by atoms with Gasteiger partial charge in [0.2, 0.25) is 17.7 Å². The molecule has 4 aliphatic rings. The van der Waals surface area contributed by atoms with Crippen molar-refractivity contribution in [2.24, 2.45) is 11.8 Å². The topological polar surface area (TPSA) is 192 Å². The van der Waals surface area contributed by atoms with Crippen LogP contribution in [0.3, 0.4) is 0 Å². The lowest BCUT2D eigenvalue weighted by molar-refractivity contribution is -0.142. The molecule has 5 atom stereocenters. The van der Waals surface area contributed by atoms with Crippen LogP contribution < -0.4 is 24.8 Å². The summed E-state index contributed by atoms with van der Waals surface area (Å²) in [7, 11) is -2.93. The van der Waals surface area contributed by atoms with Crippen LogP contribution in [-0.2, 0) is 33.6 Å². The molecule has 1 saturated heterocycles. The van der Waals surface area contributed by atoms with E-state index in [-0.39, 0.29) is 25.3 Å². The Kier molecular flexibility index (Phi) is 11.9. The highest BCUT2D eigenvalue weighted by molar-refractivity contribution is 7.85. The summed E-state index contributed by atoms with van der Waals surface area (Å²) < 4.78 is 50.9. The maximum Gasteiger partial charge on any atom is 0.408 e. The van der Waals surface area contributed by atoms with Crippen LogP contribution in [0.4, 0.5) is 4.79 Å². The number of nitrogens with one attached hydrogen (secondary N) is 3. The van der Waals surface area contributed by atoms with E-state index in [2.05, 4.69) is 22.2 Å². The van der Waals surface area contributed by atoms with Gasteiger partial charge in [0, 0.05) is 23.9 Å². The minimum absolute atomic E-state index is 0.0209. The molecule has 6 rings (SSSR count). The van der Waals surface area contributed by atoms with Crippen LogP contribution in [0.25, 0.3) is 10.8 Å². The Morgan fingerprint density at radius 1 is 1.11 bits per heavy atom. The van der Waals surface area contributed by atoms with Gasteiger partial charge in [-0.05, 0) is 94.9 Å². The number of ether oxygens (including phenoxy) is 3. The van der Waals surface area contributed by atoms with E-state index in [1.54, 1.807) is 40.1 Å². The van der Waals surface area contributed by atoms with E-state index in [4.69, 9.17) is 18.4 Å². The fraction of sp³-hybridized carbons (Fsp3) is 0.625. The number of fused-ring (bicyclic) bond motifs is 1. The molecule has 0 radical (unpaired) electrons. The number of aromatic nitrogens is 1. The van der Waals surface area contributed by atoms with Gasteiger partial charge < -0.3 is 29.7 Å². The average molecular weight is 798 g/mol. The van der Waals surface area contributed by atoms with E-state index in [0.717, 1.165) is 24.6 Å². The summed E-state index contributed by atoms with van der Waals surface area (Å²) in [5.74, 6) is -1.95. The van der Waals surface area contributed by atoms with Crippen molar-refractivity contribution in [1.82, 2.24) is 25.2 Å². The number of methoxy groups -OCH3 is 1. The first-order chi connectivity index (χ1) is 26.5. The summed E-state index contributed by atoms with van der Waals surface area (Å²) in [6.07, 6.45) is 8.26. The van der Waals surface area contributed by atoms with Crippen LogP contribution in [0.2, 0.25) is 0 Å². The molecule has 3 N–H and O–H groups in total. The Bertz CT molecular complexity index is 1940. The highest BCUT2D eigenvalue weighted by Gasteiger charge is 2.62. The Morgan fingerprint density at radius 3 is 2.46 bits per heavy atom. The van der Waals surface area contributed by atoms with Crippen LogP contribution in [0.15, 0.2) is 43.1 Å². The van der Waals surface area contributed by atoms with Crippen LogP contribution in [0.1, 0.15) is 98.3 Å². The summed E-state index contributed by atoms with van der Waals surface area (Å²) in [4.78, 5) is 62.0. The van der Waals surface area contributed by atoms with Crippen molar-refractivity contribution in [3.63, 3.8) is 0 Å². The third-order valence-electron chi connectivity index (χ3n) is 11.2. The van der Waals surface area contributed by atoms with Gasteiger partial charge in [-0.1, -0.05) is 38.7 Å². The molecule has 306 valence electrons. The molecule has 3 aliphatic carbocycles. The van der Waals surface area contributed by atoms with Crippen LogP contribution in [0.5, 0.6) is 11.6 Å². The maximum absolute atomic E-state index is 14.8. The molecular formula is C40H55N5O10S. The second-order valence-corrected chi connectivity index (χ2v) is 17.9. The van der Waals surface area contributed by atoms with Gasteiger partial charge in [0.25, 0.3) is 5.91 Å². The molecule has 56 heavy (non-hydrogen) atoms. The van der Waals surface area contributed by atoms with Gasteiger partial charge in [-0.2, -0.15) is 8.42 Å². The lowest BCUT2D eigenvalue weighted by Gasteiger charge is -2.35. The first-order valence-electron chi connectivity index (χ1n) is 19.6. The maximum atomic E-state index is 14.8. The van der Waals surface area contributed by atoms with Crippen molar-refractivity contribution >= 4 is 44.9 Å². The minimum atomic E-state index is -4.50. The highest BCUT2D eigenvalue weighted by atomic mass is 32.2. The standard InChI is InChI=1S/C40H55N5O10S/c1-7-17-39(18-19-39)55-56(50,51)44-36(48)40(23-27(40)8-2)43-33(46)31-22-29(53-34-30-15-14-28(52-6)21-26(30)16-20-41-34)24-45(31)35(47)32(25-12-10-9-11-13-25)42-37(49)54-38(3,4)5/h8,14-16,20-21,25,27,29,31-32H,2,7,9-13,17-19,22-24H2,1,3-6H3,(H,42,49)(H,43,46)(H,44,48)/t27-,29-,31+,32+,40-/m1/s1. The molecule has 2 heterocycles. The monoisotopic (exact) mass is 797 g/mol. The first kappa shape index (κ1) is 41.2. The number of hydrogen-bond acceptors (Lipinski definition) is 11. The predicted octanol–water partition coefficient (Wildman–Crippen LogP) is 4.84. The SMILES string of the molecule is C=C[C@@H]1C[C@]1(NC(=O)[C@@H]1C[C@@H](Oc2nccc3cc(OC)ccc23)CN1C(=O)[C@@H](NC(=O)OC(C)(C)C)C1CCCCC1)C(=O)NS(=O)(=O)OC1(CCC)CC1. The van der Waals surface area contributed by atoms with Crippen molar-refractivity contribution in [2.75, 3.05) is 13.7 Å². The Balaban J connectivity index is 1.28. The molecule has 1 aromatic carbocycles. The van der Waals surface area contributed by atoms with E-state index in [1.807, 2.05) is 29.8 Å². The number of likely N-dealkylation sites (tertiary alicyclic amines) is 1. The lowest BCUT2D eigenvalue weighted by Crippen LogP contribution is -2.59. The molecule has 1 aliphatic heterocycles. The smallest absolute Gasteiger partial charge is 0.408 e. The van der Waals surface area contributed by atoms with Crippen molar-refractivity contribution in [2.45, 2.75) is 133 Å². The van der Waals surface area contributed by atoms with Gasteiger partial charge in [-0.15, -0.1) is 6.58 Å². The van der Waals surface area contributed by atoms with Crippen molar-refractivity contribution in [3.05, 3.63) is 43.1 Å². The summed E-state index contributed by atoms with van der Waals surface area (Å²) in [6.45, 7) is 10.9. The number of nitrogens with zero attached hydrogens (tertiary/aromatic N) is 2. The zero-order valence-corrected chi connectivity index (χ0v) is 33.7. The molecule has 1 aromatic heterocycles. The van der Waals surface area contributed by atoms with Gasteiger partial charge in [0.1, 0.15) is 35.1 Å². The second-order valence-electron chi connectivity index (χ2n) is 16.6. The summed E-state index contributed by atoms with van der Waals surface area (Å²) in [5, 5.41) is 7.14. The molecule has 2 aromatic rings. The van der Waals surface area contributed by atoms with Gasteiger partial charge in [0.05, 0.1) is 19.3 Å². The number of benzene rings is 1. The van der Waals surface area contributed by atoms with E-state index in [0.29, 0.717) is 55.5 Å². The van der Waals surface area contributed by atoms with Crippen molar-refractivity contribution < 1.29 is 46.0 Å². The highest BCUT2D eigenvalue weighted by Crippen LogP contribution is 2.47. The molecule has 4 amide bonds. The second kappa shape index (κ2) is 16.2. The molecule has 16 heteroatoms. The predicted molar refractivity (Wildman–Crippen MR) is 207 cm³/mol. The van der Waals surface area contributed by atoms with Gasteiger partial charge in [-0.3, -0.25) is 14.4 Å². The van der Waals surface area contributed by atoms with E-state index in [9.17, 15) is 27.6 Å². The zero-order valence-electron chi connectivity index (χ0n) is 32.9. The fourth-order valence-corrected chi connectivity index (χ4v) is 9.28. The lowest BCUT2D eigenvalue weighted by atomic mass is 9.83. The minimum Gasteiger partial charge on any atom is -0.497 e. The molecular weight excluding hydrogens is 743 g/mol. The Morgan fingerprint density at radius 2 is 1.84 bits per heavy atom. The van der Waals surface area contributed by atoms with Crippen molar-refractivity contribution in [1.29, 1.82) is 0 Å². The normalized spacial score (nSPS) is 25.1. The van der Waals surface area contributed by atoms with Crippen LogP contribution in [-0.4, -0.2) is 90.7 Å². The number of hydrogen-bond donors (Lipinski definition) is 3. The van der Waals surface area contributed by atoms with Crippen molar-refractivity contribution in [3.8, 4) is 11.6 Å². The quantitative estimate of drug-likeness (QED) is 0.209. The zero-order chi connectivity index (χ0) is 40.5. The summed E-state index contributed by atoms with van der Waals surface area (Å²) >= 11 is 0. The number of alkyl carbamates (subject to hydrolysis) is 1. The third-order valence-corrected chi connectivity index (χ3v) is 12.2. The Hall–Kier alpha value is -4.44. The largest absolute Gasteiger partial charge is 0.497 e. The third kappa shape index (κ3) is 9.39. The number of carbonyl (C=O) groups excluding carboxylic acids is 4. The molecule has 0 bridgehead atoms. The van der Waals surface area contributed by atoms with Gasteiger partial charge >= 0.3 is 16.4 Å². The summed E-state index contributed by atoms with van der Waals surface area (Å²) in [6, 6.07) is 5.11. The molecule has 4 fully saturated rings. The summed E-state index contributed by atoms with van der Waals surface area (Å²) in [5.41, 5.74) is -3.28. The number of amides is 4. The average Bonchev–Trinajstić information content (AvgIpc) is 4.02. The molecule has 0 unspecified atom stereocenters. The number of rotatable bonds is 15. The fourth-order valence-electron chi connectivity index (χ4n) is 8.11. The van der Waals surface area contributed by atoms with E-state index >= 15 is 0 Å². The van der Waals surface area contributed by atoms with E-state index in [1.165, 1.54) is 11.0 Å². The van der Waals surface area contributed by atoms with Gasteiger partial charge in [0.15, 0.2) is 0 Å². The number of pyridine rings is 1. The van der Waals surface area contributed by atoms with Crippen LogP contribution >= 0.6 is 0 Å². The number of carbonyl (C=O) groups is 4. The molecule has 3 saturated carbocycles. The molecule has 15 nitrogen and oxygen atoms in total.